The second-order valence-electron chi connectivity index (χ2n) is 3.91. The van der Waals surface area contributed by atoms with Crippen LogP contribution in [0, 0.1) is 6.92 Å². The number of hydrogen-bond acceptors (Lipinski definition) is 2. The lowest BCUT2D eigenvalue weighted by molar-refractivity contribution is 0.420. The van der Waals surface area contributed by atoms with Crippen molar-refractivity contribution in [1.82, 2.24) is 0 Å². The highest BCUT2D eigenvalue weighted by Gasteiger charge is 2.07. The maximum atomic E-state index is 5.41. The zero-order valence-corrected chi connectivity index (χ0v) is 10.1. The van der Waals surface area contributed by atoms with Crippen molar-refractivity contribution in [2.24, 2.45) is 0 Å². The first-order chi connectivity index (χ1) is 7.81. The molecule has 80 valence electrons. The topological polar surface area (TPSA) is 9.23 Å². The number of aryl methyl sites for hydroxylation is 1. The fourth-order valence-electron chi connectivity index (χ4n) is 2.21. The molecule has 0 saturated carbocycles. The number of fused-ring (bicyclic) bond motifs is 3. The minimum Gasteiger partial charge on any atom is -0.496 e. The monoisotopic (exact) mass is 228 g/mol. The molecule has 3 rings (SSSR count). The zero-order valence-electron chi connectivity index (χ0n) is 9.28. The van der Waals surface area contributed by atoms with E-state index >= 15 is 0 Å². The van der Waals surface area contributed by atoms with Gasteiger partial charge < -0.3 is 4.74 Å². The van der Waals surface area contributed by atoms with E-state index in [9.17, 15) is 0 Å². The summed E-state index contributed by atoms with van der Waals surface area (Å²) in [5, 5.41) is 5.96. The van der Waals surface area contributed by atoms with E-state index in [-0.39, 0.29) is 0 Å². The van der Waals surface area contributed by atoms with Crippen molar-refractivity contribution in [3.8, 4) is 5.75 Å². The van der Waals surface area contributed by atoms with Crippen LogP contribution in [0.1, 0.15) is 5.56 Å². The molecule has 0 radical (unpaired) electrons. The van der Waals surface area contributed by atoms with E-state index in [0.717, 1.165) is 5.75 Å². The Balaban J connectivity index is 2.57. The predicted molar refractivity (Wildman–Crippen MR) is 70.6 cm³/mol. The van der Waals surface area contributed by atoms with Gasteiger partial charge in [-0.3, -0.25) is 0 Å². The van der Waals surface area contributed by atoms with Gasteiger partial charge in [-0.1, -0.05) is 12.1 Å². The minimum absolute atomic E-state index is 0.953. The molecule has 0 aliphatic carbocycles. The average molecular weight is 228 g/mol. The third-order valence-corrected chi connectivity index (χ3v) is 4.01. The Bertz CT molecular complexity index is 667. The molecule has 1 heterocycles. The molecule has 0 aliphatic heterocycles. The molecule has 0 bridgehead atoms. The Morgan fingerprint density at radius 1 is 1.06 bits per heavy atom. The molecule has 1 nitrogen and oxygen atoms in total. The summed E-state index contributed by atoms with van der Waals surface area (Å²) < 4.78 is 6.79. The maximum absolute atomic E-state index is 5.41. The van der Waals surface area contributed by atoms with Gasteiger partial charge >= 0.3 is 0 Å². The number of benzene rings is 2. The summed E-state index contributed by atoms with van der Waals surface area (Å²) in [6, 6.07) is 10.6. The van der Waals surface area contributed by atoms with Crippen molar-refractivity contribution in [2.75, 3.05) is 7.11 Å². The third-order valence-electron chi connectivity index (χ3n) is 2.96. The Labute approximate surface area is 98.3 Å². The molecule has 0 N–H and O–H groups in total. The standard InChI is InChI=1S/C14H12OS/c1-9-8-12-10(4-3-5-13(12)15-2)11-6-7-16-14(9)11/h3-8H,1-2H3. The molecule has 0 atom stereocenters. The smallest absolute Gasteiger partial charge is 0.126 e. The summed E-state index contributed by atoms with van der Waals surface area (Å²) in [6.07, 6.45) is 0. The number of hydrogen-bond donors (Lipinski definition) is 0. The lowest BCUT2D eigenvalue weighted by atomic mass is 10.0. The SMILES string of the molecule is COc1cccc2c1cc(C)c1sccc12. The molecular weight excluding hydrogens is 216 g/mol. The highest BCUT2D eigenvalue weighted by atomic mass is 32.1. The van der Waals surface area contributed by atoms with Gasteiger partial charge in [-0.25, -0.2) is 0 Å². The van der Waals surface area contributed by atoms with Gasteiger partial charge in [0.2, 0.25) is 0 Å². The van der Waals surface area contributed by atoms with Crippen LogP contribution in [0.15, 0.2) is 35.7 Å². The normalized spacial score (nSPS) is 11.1. The molecule has 0 spiro atoms. The van der Waals surface area contributed by atoms with Crippen LogP contribution in [0.5, 0.6) is 5.75 Å². The summed E-state index contributed by atoms with van der Waals surface area (Å²) >= 11 is 1.80. The fourth-order valence-corrected chi connectivity index (χ4v) is 3.10. The summed E-state index contributed by atoms with van der Waals surface area (Å²) in [5.41, 5.74) is 1.32. The highest BCUT2D eigenvalue weighted by Crippen LogP contribution is 2.35. The van der Waals surface area contributed by atoms with E-state index in [1.165, 1.54) is 26.4 Å². The minimum atomic E-state index is 0.953. The van der Waals surface area contributed by atoms with Crippen LogP contribution in [0.25, 0.3) is 20.9 Å². The second-order valence-corrected chi connectivity index (χ2v) is 4.83. The van der Waals surface area contributed by atoms with Crippen molar-refractivity contribution in [3.05, 3.63) is 41.3 Å². The molecule has 2 aromatic carbocycles. The Morgan fingerprint density at radius 3 is 2.75 bits per heavy atom. The first-order valence-corrected chi connectivity index (χ1v) is 6.13. The Morgan fingerprint density at radius 2 is 1.94 bits per heavy atom. The number of ether oxygens (including phenoxy) is 1. The first kappa shape index (κ1) is 9.67. The molecule has 3 aromatic rings. The van der Waals surface area contributed by atoms with Crippen molar-refractivity contribution in [2.45, 2.75) is 6.92 Å². The average Bonchev–Trinajstić information content (AvgIpc) is 2.78. The predicted octanol–water partition coefficient (Wildman–Crippen LogP) is 4.37. The van der Waals surface area contributed by atoms with Crippen molar-refractivity contribution in [3.63, 3.8) is 0 Å². The van der Waals surface area contributed by atoms with Crippen molar-refractivity contribution in [1.29, 1.82) is 0 Å². The van der Waals surface area contributed by atoms with Gasteiger partial charge in [0.25, 0.3) is 0 Å². The molecule has 0 aliphatic rings. The van der Waals surface area contributed by atoms with Gasteiger partial charge in [0, 0.05) is 15.5 Å². The van der Waals surface area contributed by atoms with Gasteiger partial charge in [0.05, 0.1) is 7.11 Å². The second kappa shape index (κ2) is 3.49. The van der Waals surface area contributed by atoms with E-state index in [0.29, 0.717) is 0 Å². The maximum Gasteiger partial charge on any atom is 0.126 e. The zero-order chi connectivity index (χ0) is 11.1. The quantitative estimate of drug-likeness (QED) is 0.601. The van der Waals surface area contributed by atoms with Crippen LogP contribution in [-0.4, -0.2) is 7.11 Å². The molecule has 2 heteroatoms. The summed E-state index contributed by atoms with van der Waals surface area (Å²) in [7, 11) is 1.72. The molecule has 16 heavy (non-hydrogen) atoms. The van der Waals surface area contributed by atoms with E-state index in [2.05, 4.69) is 30.5 Å². The van der Waals surface area contributed by atoms with Gasteiger partial charge in [-0.15, -0.1) is 11.3 Å². The lowest BCUT2D eigenvalue weighted by Crippen LogP contribution is -1.85. The summed E-state index contributed by atoms with van der Waals surface area (Å²) in [5.74, 6) is 0.953. The lowest BCUT2D eigenvalue weighted by Gasteiger charge is -2.07. The van der Waals surface area contributed by atoms with E-state index < -0.39 is 0 Å². The number of thiophene rings is 1. The van der Waals surface area contributed by atoms with Crippen LogP contribution in [-0.2, 0) is 0 Å². The molecule has 0 saturated heterocycles. The first-order valence-electron chi connectivity index (χ1n) is 5.25. The van der Waals surface area contributed by atoms with Gasteiger partial charge in [-0.05, 0) is 41.5 Å². The third kappa shape index (κ3) is 1.23. The molecule has 0 amide bonds. The molecule has 0 fully saturated rings. The Kier molecular flexibility index (Phi) is 2.11. The molecular formula is C14H12OS. The molecule has 1 aromatic heterocycles. The van der Waals surface area contributed by atoms with Gasteiger partial charge in [0.1, 0.15) is 5.75 Å². The molecule has 0 unspecified atom stereocenters. The fraction of sp³-hybridized carbons (Fsp3) is 0.143. The van der Waals surface area contributed by atoms with E-state index in [1.54, 1.807) is 18.4 Å². The summed E-state index contributed by atoms with van der Waals surface area (Å²) in [6.45, 7) is 2.16. The van der Waals surface area contributed by atoms with E-state index in [1.807, 2.05) is 12.1 Å². The van der Waals surface area contributed by atoms with Crippen molar-refractivity contribution >= 4 is 32.2 Å². The van der Waals surface area contributed by atoms with E-state index in [4.69, 9.17) is 4.74 Å². The van der Waals surface area contributed by atoms with Crippen molar-refractivity contribution < 1.29 is 4.74 Å². The number of methoxy groups -OCH3 is 1. The van der Waals surface area contributed by atoms with Crippen LogP contribution >= 0.6 is 11.3 Å². The largest absolute Gasteiger partial charge is 0.496 e. The number of rotatable bonds is 1. The van der Waals surface area contributed by atoms with Crippen LogP contribution in [0.2, 0.25) is 0 Å². The Hall–Kier alpha value is -1.54. The van der Waals surface area contributed by atoms with Gasteiger partial charge in [-0.2, -0.15) is 0 Å². The van der Waals surface area contributed by atoms with Gasteiger partial charge in [0.15, 0.2) is 0 Å². The van der Waals surface area contributed by atoms with Crippen LogP contribution in [0.3, 0.4) is 0 Å². The highest BCUT2D eigenvalue weighted by molar-refractivity contribution is 7.17. The van der Waals surface area contributed by atoms with Crippen LogP contribution in [0.4, 0.5) is 0 Å². The summed E-state index contributed by atoms with van der Waals surface area (Å²) in [4.78, 5) is 0. The van der Waals surface area contributed by atoms with Crippen LogP contribution < -0.4 is 4.74 Å².